The lowest BCUT2D eigenvalue weighted by atomic mass is 9.81. The Balaban J connectivity index is 1.18. The number of methoxy groups -OCH3 is 1. The first-order chi connectivity index (χ1) is 16.9. The molecule has 0 bridgehead atoms. The van der Waals surface area contributed by atoms with Crippen molar-refractivity contribution < 1.29 is 19.4 Å². The van der Waals surface area contributed by atoms with Crippen LogP contribution in [0.1, 0.15) is 31.4 Å². The number of nitrogens with one attached hydrogen (secondary N) is 3. The molecule has 1 aliphatic heterocycles. The number of benzene rings is 1. The normalized spacial score (nSPS) is 21.8. The lowest BCUT2D eigenvalue weighted by molar-refractivity contribution is -0.137. The predicted octanol–water partition coefficient (Wildman–Crippen LogP) is 3.08. The maximum Gasteiger partial charge on any atom is 0.256 e. The van der Waals surface area contributed by atoms with Crippen molar-refractivity contribution >= 4 is 46.0 Å². The quantitative estimate of drug-likeness (QED) is 0.413. The Morgan fingerprint density at radius 2 is 2.03 bits per heavy atom. The largest absolute Gasteiger partial charge is 0.481 e. The van der Waals surface area contributed by atoms with Gasteiger partial charge in [0.1, 0.15) is 11.4 Å². The number of anilines is 2. The average molecular weight is 494 g/mol. The van der Waals surface area contributed by atoms with Gasteiger partial charge in [0.05, 0.1) is 34.7 Å². The Labute approximate surface area is 207 Å². The summed E-state index contributed by atoms with van der Waals surface area (Å²) in [6, 6.07) is 13.3. The zero-order valence-electron chi connectivity index (χ0n) is 19.3. The summed E-state index contributed by atoms with van der Waals surface area (Å²) in [4.78, 5) is 34.6. The number of pyridine rings is 2. The van der Waals surface area contributed by atoms with Gasteiger partial charge in [-0.2, -0.15) is 0 Å². The molecule has 2 amide bonds. The Bertz CT molecular complexity index is 1280. The van der Waals surface area contributed by atoms with Crippen LogP contribution in [0.3, 0.4) is 0 Å². The van der Waals surface area contributed by atoms with Gasteiger partial charge in [0.15, 0.2) is 0 Å². The van der Waals surface area contributed by atoms with Crippen LogP contribution in [0, 0.1) is 0 Å². The first kappa shape index (κ1) is 23.5. The number of para-hydroxylation sites is 1. The second kappa shape index (κ2) is 9.80. The van der Waals surface area contributed by atoms with Crippen LogP contribution in [0.5, 0.6) is 5.88 Å². The summed E-state index contributed by atoms with van der Waals surface area (Å²) in [5.74, 6) is 1.02. The van der Waals surface area contributed by atoms with Gasteiger partial charge >= 0.3 is 0 Å². The molecule has 0 spiro atoms. The van der Waals surface area contributed by atoms with Crippen LogP contribution in [-0.4, -0.2) is 51.4 Å². The number of hydrogen-bond donors (Lipinski definition) is 4. The molecule has 4 N–H and O–H groups in total. The highest BCUT2D eigenvalue weighted by atomic mass is 32.2. The van der Waals surface area contributed by atoms with E-state index in [-0.39, 0.29) is 11.9 Å². The van der Waals surface area contributed by atoms with Crippen LogP contribution in [0.15, 0.2) is 47.4 Å². The van der Waals surface area contributed by atoms with Crippen LogP contribution in [0.2, 0.25) is 0 Å². The van der Waals surface area contributed by atoms with E-state index < -0.39 is 11.5 Å². The van der Waals surface area contributed by atoms with Crippen LogP contribution in [0.4, 0.5) is 11.5 Å². The van der Waals surface area contributed by atoms with Gasteiger partial charge in [-0.3, -0.25) is 9.59 Å². The van der Waals surface area contributed by atoms with E-state index in [1.807, 2.05) is 30.3 Å². The van der Waals surface area contributed by atoms with Gasteiger partial charge < -0.3 is 25.8 Å². The standard InChI is InChI=1S/C25H27N5O4S/c1-34-21-8-5-15-3-2-4-18(22(15)30-21)28-24(32)25(33)11-9-16(10-12-25)26-13-17-6-7-19-23(27-17)29-20(31)14-35-19/h2-8,16,26,33H,9-14H2,1H3,(H,28,32)(H,27,29,31)/t16-,25+. The van der Waals surface area contributed by atoms with Gasteiger partial charge in [-0.05, 0) is 49.9 Å². The number of nitrogens with zero attached hydrogens (tertiary/aromatic N) is 2. The summed E-state index contributed by atoms with van der Waals surface area (Å²) in [5, 5.41) is 21.1. The summed E-state index contributed by atoms with van der Waals surface area (Å²) in [7, 11) is 1.54. The van der Waals surface area contributed by atoms with E-state index in [2.05, 4.69) is 25.9 Å². The van der Waals surface area contributed by atoms with Gasteiger partial charge in [0, 0.05) is 24.0 Å². The summed E-state index contributed by atoms with van der Waals surface area (Å²) in [6.07, 6.45) is 2.01. The number of carbonyl (C=O) groups excluding carboxylic acids is 2. The SMILES string of the molecule is COc1ccc2cccc(NC(=O)[C@]3(O)CC[C@@H](NCc4ccc5c(n4)NC(=O)CS5)CC3)c2n1. The van der Waals surface area contributed by atoms with Crippen molar-refractivity contribution in [2.75, 3.05) is 23.5 Å². The second-order valence-electron chi connectivity index (χ2n) is 8.86. The van der Waals surface area contributed by atoms with Gasteiger partial charge in [-0.25, -0.2) is 9.97 Å². The fraction of sp³-hybridized carbons (Fsp3) is 0.360. The van der Waals surface area contributed by atoms with Crippen molar-refractivity contribution in [2.45, 2.75) is 48.8 Å². The Morgan fingerprint density at radius 1 is 1.20 bits per heavy atom. The summed E-state index contributed by atoms with van der Waals surface area (Å²) < 4.78 is 5.21. The van der Waals surface area contributed by atoms with E-state index >= 15 is 0 Å². The first-order valence-corrected chi connectivity index (χ1v) is 12.6. The molecule has 3 aromatic rings. The molecule has 0 saturated heterocycles. The highest BCUT2D eigenvalue weighted by Gasteiger charge is 2.40. The minimum Gasteiger partial charge on any atom is -0.481 e. The minimum atomic E-state index is -1.44. The van der Waals surface area contributed by atoms with Gasteiger partial charge in [-0.15, -0.1) is 11.8 Å². The van der Waals surface area contributed by atoms with Crippen molar-refractivity contribution in [3.63, 3.8) is 0 Å². The van der Waals surface area contributed by atoms with Crippen molar-refractivity contribution in [1.29, 1.82) is 0 Å². The fourth-order valence-electron chi connectivity index (χ4n) is 4.46. The Morgan fingerprint density at radius 3 is 2.83 bits per heavy atom. The molecule has 35 heavy (non-hydrogen) atoms. The topological polar surface area (TPSA) is 125 Å². The Kier molecular flexibility index (Phi) is 6.59. The smallest absolute Gasteiger partial charge is 0.256 e. The van der Waals surface area contributed by atoms with E-state index in [4.69, 9.17) is 4.74 Å². The first-order valence-electron chi connectivity index (χ1n) is 11.6. The third kappa shape index (κ3) is 5.09. The molecule has 0 unspecified atom stereocenters. The molecule has 3 heterocycles. The molecule has 0 radical (unpaired) electrons. The lowest BCUT2D eigenvalue weighted by Gasteiger charge is -2.35. The molecule has 5 rings (SSSR count). The molecule has 2 aliphatic rings. The minimum absolute atomic E-state index is 0.0385. The summed E-state index contributed by atoms with van der Waals surface area (Å²) >= 11 is 1.49. The van der Waals surface area contributed by atoms with E-state index in [1.54, 1.807) is 19.2 Å². The predicted molar refractivity (Wildman–Crippen MR) is 135 cm³/mol. The molecule has 1 aromatic carbocycles. The maximum atomic E-state index is 13.0. The fourth-order valence-corrected chi connectivity index (χ4v) is 5.22. The summed E-state index contributed by atoms with van der Waals surface area (Å²) in [6.45, 7) is 0.548. The van der Waals surface area contributed by atoms with Crippen molar-refractivity contribution in [2.24, 2.45) is 0 Å². The molecule has 10 heteroatoms. The zero-order chi connectivity index (χ0) is 24.4. The van der Waals surface area contributed by atoms with Gasteiger partial charge in [0.2, 0.25) is 11.8 Å². The Hall–Kier alpha value is -3.21. The second-order valence-corrected chi connectivity index (χ2v) is 9.88. The van der Waals surface area contributed by atoms with Crippen molar-refractivity contribution in [1.82, 2.24) is 15.3 Å². The third-order valence-corrected chi connectivity index (χ3v) is 7.54. The molecule has 1 aliphatic carbocycles. The summed E-state index contributed by atoms with van der Waals surface area (Å²) in [5.41, 5.74) is 0.559. The molecule has 9 nitrogen and oxygen atoms in total. The molecular weight excluding hydrogens is 466 g/mol. The van der Waals surface area contributed by atoms with E-state index in [0.717, 1.165) is 16.0 Å². The molecular formula is C25H27N5O4S. The lowest BCUT2D eigenvalue weighted by Crippen LogP contribution is -2.48. The van der Waals surface area contributed by atoms with Crippen molar-refractivity contribution in [3.05, 3.63) is 48.2 Å². The third-order valence-electron chi connectivity index (χ3n) is 6.49. The van der Waals surface area contributed by atoms with Crippen LogP contribution < -0.4 is 20.7 Å². The number of ether oxygens (including phenoxy) is 1. The van der Waals surface area contributed by atoms with Crippen LogP contribution in [0.25, 0.3) is 10.9 Å². The monoisotopic (exact) mass is 493 g/mol. The maximum absolute atomic E-state index is 13.0. The highest BCUT2D eigenvalue weighted by molar-refractivity contribution is 8.00. The number of aliphatic hydroxyl groups is 1. The van der Waals surface area contributed by atoms with Gasteiger partial charge in [-0.1, -0.05) is 12.1 Å². The van der Waals surface area contributed by atoms with E-state index in [9.17, 15) is 14.7 Å². The number of amides is 2. The van der Waals surface area contributed by atoms with E-state index in [1.165, 1.54) is 11.8 Å². The number of aromatic nitrogens is 2. The van der Waals surface area contributed by atoms with Crippen LogP contribution in [-0.2, 0) is 16.1 Å². The zero-order valence-corrected chi connectivity index (χ0v) is 20.2. The van der Waals surface area contributed by atoms with Crippen LogP contribution >= 0.6 is 11.8 Å². The molecule has 1 fully saturated rings. The number of fused-ring (bicyclic) bond motifs is 2. The number of thioether (sulfide) groups is 1. The molecule has 1 saturated carbocycles. The molecule has 2 aromatic heterocycles. The molecule has 182 valence electrons. The number of hydrogen-bond acceptors (Lipinski definition) is 8. The van der Waals surface area contributed by atoms with Crippen molar-refractivity contribution in [3.8, 4) is 5.88 Å². The van der Waals surface area contributed by atoms with E-state index in [0.29, 0.717) is 60.9 Å². The highest BCUT2D eigenvalue weighted by Crippen LogP contribution is 2.32. The van der Waals surface area contributed by atoms with Gasteiger partial charge in [0.25, 0.3) is 5.91 Å². The average Bonchev–Trinajstić information content (AvgIpc) is 2.88. The number of rotatable bonds is 6. The number of carbonyl (C=O) groups is 2. The molecule has 0 atom stereocenters.